The van der Waals surface area contributed by atoms with Gasteiger partial charge in [-0.3, -0.25) is 19.1 Å². The Morgan fingerprint density at radius 1 is 0.343 bits per heavy atom. The van der Waals surface area contributed by atoms with Gasteiger partial charge in [0.2, 0.25) is 0 Å². The van der Waals surface area contributed by atoms with E-state index >= 15 is 0 Å². The number of halogens is 34. The van der Waals surface area contributed by atoms with Gasteiger partial charge in [-0.15, -0.1) is 47.3 Å². The SMILES string of the molecule is BrB(Br)Br.CC(C)c1cc(-c2ccc(C(F)(F)F)cc2CN2C(=O)O[C@H](c3cc(C(F)(F)F)cc(C(F)(F)F)c3)[C@@H]2C)c(O)cc1F.COc1cc(F)c(C(C)C)cc1-c1ccc(C(F)(F)F)cc1CN1C(=O)O[C@H](c2cc(C(F)(F)F)cc(C(F)(F)F)c2)[C@@H]1C.COc1cc(F)c(C(C)C)cc1-c1ccc(C(F)(F)F)cc1CN1C(=O)O[C@H](c2cc(C(F)(F)F)cc(C(F)(F)F)c2)[C@@H]1C.[2H]CF. The van der Waals surface area contributed by atoms with Crippen LogP contribution in [0.4, 0.5) is 150 Å². The van der Waals surface area contributed by atoms with Crippen molar-refractivity contribution in [3.8, 4) is 50.6 Å². The number of ether oxygens (including phenoxy) is 5. The van der Waals surface area contributed by atoms with Crippen LogP contribution in [-0.4, -0.2) is 80.8 Å². The van der Waals surface area contributed by atoms with Gasteiger partial charge in [0.05, 0.1) is 111 Å². The summed E-state index contributed by atoms with van der Waals surface area (Å²) in [6, 6.07) is 13.4. The lowest BCUT2D eigenvalue weighted by Crippen LogP contribution is -2.32. The van der Waals surface area contributed by atoms with Crippen LogP contribution in [-0.2, 0) is 89.4 Å². The molecule has 3 amide bonds. The fraction of sp³-hybridized carbons (Fsp3) is 0.367. The number of hydrogen-bond acceptors (Lipinski definition) is 9. The molecule has 12 rings (SSSR count). The Hall–Kier alpha value is -10.5. The Morgan fingerprint density at radius 2 is 0.547 bits per heavy atom. The van der Waals surface area contributed by atoms with Gasteiger partial charge in [-0.05, 0) is 214 Å². The fourth-order valence-electron chi connectivity index (χ4n) is 15.0. The Kier molecular flexibility index (Phi) is 34.3. The van der Waals surface area contributed by atoms with Gasteiger partial charge >= 0.3 is 77.1 Å². The van der Waals surface area contributed by atoms with E-state index in [1.165, 1.54) is 53.2 Å². The summed E-state index contributed by atoms with van der Waals surface area (Å²) in [5.74, 6) is -3.70. The minimum Gasteiger partial charge on any atom is -0.507 e. The number of alkyl halides is 28. The number of phenolic OH excluding ortho intramolecular Hbond substituents is 1. The lowest BCUT2D eigenvalue weighted by molar-refractivity contribution is -0.144. The number of carbonyl (C=O) groups is 3. The second-order valence-corrected chi connectivity index (χ2v) is 38.3. The van der Waals surface area contributed by atoms with Crippen molar-refractivity contribution in [3.63, 3.8) is 0 Å². The highest BCUT2D eigenvalue weighted by Crippen LogP contribution is 2.51. The van der Waals surface area contributed by atoms with Gasteiger partial charge in [0.25, 0.3) is 0 Å². The van der Waals surface area contributed by atoms with Crippen molar-refractivity contribution in [2.75, 3.05) is 21.4 Å². The Balaban J connectivity index is 0.000000245. The highest BCUT2D eigenvalue weighted by molar-refractivity contribution is 9.69. The molecule has 0 aromatic heterocycles. The number of phenols is 1. The lowest BCUT2D eigenvalue weighted by Gasteiger charge is -2.24. The van der Waals surface area contributed by atoms with Crippen LogP contribution >= 0.6 is 47.3 Å². The first kappa shape index (κ1) is 110. The average molecular weight is 2180 g/mol. The number of benzene rings is 9. The van der Waals surface area contributed by atoms with Crippen molar-refractivity contribution in [2.45, 2.75) is 192 Å². The molecule has 3 heterocycles. The minimum absolute atomic E-state index is 0.0192. The van der Waals surface area contributed by atoms with E-state index in [0.717, 1.165) is 75.4 Å². The molecule has 0 radical (unpaired) electrons. The summed E-state index contributed by atoms with van der Waals surface area (Å²) >= 11 is 9.31. The van der Waals surface area contributed by atoms with Gasteiger partial charge < -0.3 is 28.8 Å². The van der Waals surface area contributed by atoms with Gasteiger partial charge in [0.1, 0.15) is 53.0 Å². The highest BCUT2D eigenvalue weighted by atomic mass is 79.9. The molecule has 9 aromatic carbocycles. The standard InChI is InChI=1S/2C30H25F10NO3.C29H23F10NO3.CH3F.BBr3/c2*1-14(2)22-11-23(25(43-4)12-24(22)31)21-6-5-18(28(32,33)34)9-17(21)13-41-15(3)26(44-27(41)42)16-7-19(29(35,36)37)10-20(8-16)30(38,39)40;1-13(2)21-10-22(24(41)11-23(21)30)20-5-4-17(27(31,32)33)8-16(20)12-40-14(3)25(43-26(40)42)15-6-18(28(34,35)36)9-19(7-15)29(37,38)39;1-2;2-1(3)4/h2*5-12,14-15,26H,13H2,1-4H3;4-11,13-14,25,41H,12H2,1-3H3;1H3;/t2*15-,26-;14-,25-;;/m000../s1/i;;;1D;. The maximum atomic E-state index is 14.7. The second kappa shape index (κ2) is 42.7. The molecule has 47 heteroatoms. The van der Waals surface area contributed by atoms with Gasteiger partial charge in [0.15, 0.2) is 0 Å². The number of cyclic esters (lactones) is 3. The number of carbonyl (C=O) groups excluding carboxylic acids is 3. The smallest absolute Gasteiger partial charge is 0.416 e. The normalized spacial score (nSPS) is 17.4. The molecule has 0 bridgehead atoms. The molecule has 3 saturated heterocycles. The predicted octanol–water partition coefficient (Wildman–Crippen LogP) is 31.7. The Labute approximate surface area is 787 Å². The zero-order valence-corrected chi connectivity index (χ0v) is 77.1. The number of nitrogens with zero attached hydrogens (tertiary/aromatic N) is 3. The fourth-order valence-corrected chi connectivity index (χ4v) is 15.0. The quantitative estimate of drug-likeness (QED) is 0.0538. The summed E-state index contributed by atoms with van der Waals surface area (Å²) in [5.41, 5.74) is -14.1. The van der Waals surface area contributed by atoms with E-state index in [0.29, 0.717) is 48.5 Å². The molecule has 3 aliphatic rings. The summed E-state index contributed by atoms with van der Waals surface area (Å²) in [5, 5.41) is 10.5. The van der Waals surface area contributed by atoms with Crippen molar-refractivity contribution < 1.29 is 181 Å². The zero-order valence-electron chi connectivity index (χ0n) is 73.4. The second-order valence-electron chi connectivity index (χ2n) is 31.9. The molecule has 9 aromatic rings. The predicted molar refractivity (Wildman–Crippen MR) is 449 cm³/mol. The van der Waals surface area contributed by atoms with Crippen LogP contribution in [0.5, 0.6) is 17.2 Å². The molecular formula is C90H76BBr3F31N3O9. The molecule has 137 heavy (non-hydrogen) atoms. The lowest BCUT2D eigenvalue weighted by atomic mass is 9.91. The third-order valence-electron chi connectivity index (χ3n) is 21.8. The number of methoxy groups -OCH3 is 2. The van der Waals surface area contributed by atoms with Crippen molar-refractivity contribution >= 4 is 68.7 Å². The van der Waals surface area contributed by atoms with Crippen molar-refractivity contribution in [1.29, 1.82) is 0 Å². The zero-order chi connectivity index (χ0) is 104. The van der Waals surface area contributed by atoms with Crippen LogP contribution in [0.15, 0.2) is 146 Å². The molecule has 0 spiro atoms. The summed E-state index contributed by atoms with van der Waals surface area (Å²) in [6.07, 6.45) is -53.9. The van der Waals surface area contributed by atoms with Crippen LogP contribution in [0.2, 0.25) is 0 Å². The largest absolute Gasteiger partial charge is 0.507 e. The number of aromatic hydroxyl groups is 1. The summed E-state index contributed by atoms with van der Waals surface area (Å²) in [4.78, 5) is 41.4. The van der Waals surface area contributed by atoms with Gasteiger partial charge in [-0.1, -0.05) is 59.7 Å². The van der Waals surface area contributed by atoms with E-state index in [4.69, 9.17) is 25.1 Å². The molecule has 1 N–H and O–H groups in total. The molecule has 12 nitrogen and oxygen atoms in total. The Bertz CT molecular complexity index is 5550. The van der Waals surface area contributed by atoms with Crippen molar-refractivity contribution in [1.82, 2.24) is 14.7 Å². The average Bonchev–Trinajstić information content (AvgIpc) is 1.24. The van der Waals surface area contributed by atoms with Gasteiger partial charge in [-0.2, -0.15) is 119 Å². The van der Waals surface area contributed by atoms with Crippen LogP contribution < -0.4 is 9.47 Å². The van der Waals surface area contributed by atoms with Gasteiger partial charge in [-0.25, -0.2) is 27.6 Å². The summed E-state index contributed by atoms with van der Waals surface area (Å²) < 4.78 is 451. The topological polar surface area (TPSA) is 127 Å². The monoisotopic (exact) mass is 2180 g/mol. The van der Waals surface area contributed by atoms with E-state index in [1.807, 2.05) is 0 Å². The molecule has 0 saturated carbocycles. The maximum absolute atomic E-state index is 14.7. The molecular weight excluding hydrogens is 2110 g/mol. The maximum Gasteiger partial charge on any atom is 0.416 e. The number of hydrogen-bond donors (Lipinski definition) is 1. The molecule has 3 fully saturated rings. The van der Waals surface area contributed by atoms with Crippen LogP contribution in [0.3, 0.4) is 0 Å². The Morgan fingerprint density at radius 3 is 0.752 bits per heavy atom. The van der Waals surface area contributed by atoms with Crippen molar-refractivity contribution in [2.24, 2.45) is 0 Å². The van der Waals surface area contributed by atoms with E-state index in [9.17, 15) is 156 Å². The van der Waals surface area contributed by atoms with Crippen molar-refractivity contribution in [3.05, 3.63) is 263 Å². The summed E-state index contributed by atoms with van der Waals surface area (Å²) in [6.45, 7) is 12.1. The molecule has 6 atom stereocenters. The summed E-state index contributed by atoms with van der Waals surface area (Å²) in [7, 11) is 1.46. The first-order valence-electron chi connectivity index (χ1n) is 40.4. The minimum atomic E-state index is -5.17. The number of amides is 3. The molecule has 0 aliphatic carbocycles. The van der Waals surface area contributed by atoms with E-state index < -0.39 is 227 Å². The van der Waals surface area contributed by atoms with E-state index in [-0.39, 0.29) is 117 Å². The molecule has 3 aliphatic heterocycles. The molecule has 746 valence electrons. The first-order valence-corrected chi connectivity index (χ1v) is 42.5. The first-order chi connectivity index (χ1) is 63.3. The van der Waals surface area contributed by atoms with E-state index in [2.05, 4.69) is 47.3 Å². The van der Waals surface area contributed by atoms with Crippen LogP contribution in [0.1, 0.15) is 200 Å². The van der Waals surface area contributed by atoms with Crippen LogP contribution in [0.25, 0.3) is 33.4 Å². The third-order valence-corrected chi connectivity index (χ3v) is 21.8. The third kappa shape index (κ3) is 27.0. The highest BCUT2D eigenvalue weighted by Gasteiger charge is 2.50. The molecule has 0 unspecified atom stereocenters. The van der Waals surface area contributed by atoms with Gasteiger partial charge in [0, 0.05) is 34.9 Å². The number of rotatable bonds is 17. The van der Waals surface area contributed by atoms with E-state index in [1.54, 1.807) is 41.5 Å². The van der Waals surface area contributed by atoms with Crippen LogP contribution in [0, 0.1) is 17.5 Å².